The van der Waals surface area contributed by atoms with E-state index < -0.39 is 33.7 Å². The molecular weight excluding hydrogens is 448 g/mol. The number of carboxylic acid groups (broad SMARTS) is 1. The van der Waals surface area contributed by atoms with Crippen LogP contribution in [0.25, 0.3) is 11.0 Å². The molecule has 0 fully saturated rings. The number of aliphatic imine (C=N–C) groups is 1. The molecule has 29 heavy (non-hydrogen) atoms. The number of nitro groups is 1. The van der Waals surface area contributed by atoms with Crippen LogP contribution in [0.3, 0.4) is 0 Å². The zero-order chi connectivity index (χ0) is 21.1. The average molecular weight is 461 g/mol. The summed E-state index contributed by atoms with van der Waals surface area (Å²) in [7, 11) is 0. The Kier molecular flexibility index (Phi) is 5.69. The lowest BCUT2D eigenvalue weighted by Crippen LogP contribution is -2.29. The second-order valence-corrected chi connectivity index (χ2v) is 6.89. The number of nitrogens with zero attached hydrogens (tertiary/aromatic N) is 2. The monoisotopic (exact) mass is 460 g/mol. The van der Waals surface area contributed by atoms with Crippen molar-refractivity contribution in [2.75, 3.05) is 0 Å². The molecule has 0 aliphatic rings. The SMILES string of the molecule is O=C(O)C(Cc1ccccc1)N=Cc1cc(Br)c([N+](=O)[O-])c2[nH]c(=O)c(=O)[nH]c12. The van der Waals surface area contributed by atoms with Crippen molar-refractivity contribution >= 4 is 44.8 Å². The number of aliphatic carboxylic acids is 1. The van der Waals surface area contributed by atoms with E-state index in [1.807, 2.05) is 0 Å². The zero-order valence-electron chi connectivity index (χ0n) is 14.6. The van der Waals surface area contributed by atoms with Crippen LogP contribution in [-0.4, -0.2) is 38.2 Å². The molecule has 0 bridgehead atoms. The third-order valence-electron chi connectivity index (χ3n) is 4.10. The Bertz CT molecular complexity index is 1250. The van der Waals surface area contributed by atoms with E-state index in [-0.39, 0.29) is 27.5 Å². The molecule has 3 aromatic rings. The highest BCUT2D eigenvalue weighted by molar-refractivity contribution is 9.10. The first-order chi connectivity index (χ1) is 13.8. The molecule has 0 aliphatic carbocycles. The van der Waals surface area contributed by atoms with E-state index >= 15 is 0 Å². The van der Waals surface area contributed by atoms with Crippen LogP contribution in [-0.2, 0) is 11.2 Å². The first kappa shape index (κ1) is 20.1. The van der Waals surface area contributed by atoms with E-state index in [1.165, 1.54) is 12.3 Å². The van der Waals surface area contributed by atoms with Crippen molar-refractivity contribution in [2.24, 2.45) is 4.99 Å². The summed E-state index contributed by atoms with van der Waals surface area (Å²) >= 11 is 3.07. The van der Waals surface area contributed by atoms with Crippen LogP contribution in [0.15, 0.2) is 55.5 Å². The number of benzene rings is 2. The Morgan fingerprint density at radius 3 is 2.41 bits per heavy atom. The number of halogens is 1. The molecule has 10 nitrogen and oxygen atoms in total. The van der Waals surface area contributed by atoms with Crippen LogP contribution in [0.4, 0.5) is 5.69 Å². The van der Waals surface area contributed by atoms with Crippen LogP contribution in [0, 0.1) is 10.1 Å². The summed E-state index contributed by atoms with van der Waals surface area (Å²) in [5.74, 6) is -1.16. The van der Waals surface area contributed by atoms with Gasteiger partial charge in [-0.25, -0.2) is 4.79 Å². The molecule has 0 aliphatic heterocycles. The van der Waals surface area contributed by atoms with Gasteiger partial charge in [0.25, 0.3) is 0 Å². The topological polar surface area (TPSA) is 159 Å². The predicted molar refractivity (Wildman–Crippen MR) is 109 cm³/mol. The largest absolute Gasteiger partial charge is 0.480 e. The lowest BCUT2D eigenvalue weighted by molar-refractivity contribution is -0.384. The van der Waals surface area contributed by atoms with Gasteiger partial charge in [0, 0.05) is 18.2 Å². The van der Waals surface area contributed by atoms with E-state index in [4.69, 9.17) is 0 Å². The third-order valence-corrected chi connectivity index (χ3v) is 4.70. The number of carboxylic acids is 1. The fourth-order valence-electron chi connectivity index (χ4n) is 2.75. The summed E-state index contributed by atoms with van der Waals surface area (Å²) in [6, 6.07) is 9.10. The number of rotatable bonds is 6. The van der Waals surface area contributed by atoms with Gasteiger partial charge in [-0.1, -0.05) is 30.3 Å². The Labute approximate surface area is 170 Å². The van der Waals surface area contributed by atoms with E-state index in [0.717, 1.165) is 5.56 Å². The molecule has 148 valence electrons. The van der Waals surface area contributed by atoms with Gasteiger partial charge in [0.15, 0.2) is 6.04 Å². The molecule has 1 aromatic heterocycles. The normalized spacial score (nSPS) is 12.3. The van der Waals surface area contributed by atoms with Crippen molar-refractivity contribution < 1.29 is 14.8 Å². The van der Waals surface area contributed by atoms with Crippen LogP contribution >= 0.6 is 15.9 Å². The van der Waals surface area contributed by atoms with Crippen molar-refractivity contribution in [3.05, 3.63) is 82.8 Å². The Balaban J connectivity index is 2.11. The summed E-state index contributed by atoms with van der Waals surface area (Å²) in [6.07, 6.45) is 1.33. The van der Waals surface area contributed by atoms with Crippen molar-refractivity contribution in [3.8, 4) is 0 Å². The van der Waals surface area contributed by atoms with Crippen molar-refractivity contribution in [1.29, 1.82) is 0 Å². The fourth-order valence-corrected chi connectivity index (χ4v) is 3.34. The highest BCUT2D eigenvalue weighted by Gasteiger charge is 2.22. The van der Waals surface area contributed by atoms with Gasteiger partial charge >= 0.3 is 22.8 Å². The number of nitrogens with one attached hydrogen (secondary N) is 2. The molecule has 1 unspecified atom stereocenters. The van der Waals surface area contributed by atoms with E-state index in [1.54, 1.807) is 30.3 Å². The summed E-state index contributed by atoms with van der Waals surface area (Å²) in [4.78, 5) is 54.1. The highest BCUT2D eigenvalue weighted by atomic mass is 79.9. The number of aromatic nitrogens is 2. The molecule has 3 N–H and O–H groups in total. The maximum absolute atomic E-state index is 11.7. The predicted octanol–water partition coefficient (Wildman–Crippen LogP) is 2.00. The number of nitro benzene ring substituents is 1. The van der Waals surface area contributed by atoms with E-state index in [9.17, 15) is 29.6 Å². The van der Waals surface area contributed by atoms with Gasteiger partial charge in [0.2, 0.25) is 0 Å². The molecule has 0 saturated heterocycles. The minimum atomic E-state index is -1.16. The molecule has 0 amide bonds. The van der Waals surface area contributed by atoms with E-state index in [2.05, 4.69) is 30.9 Å². The van der Waals surface area contributed by atoms with Crippen LogP contribution in [0.5, 0.6) is 0 Å². The third kappa shape index (κ3) is 4.29. The standard InChI is InChI=1S/C18H13BrN4O6/c19-11-7-10(8-20-12(18(26)27)6-9-4-2-1-3-5-9)13-14(15(11)23(28)29)22-17(25)16(24)21-13/h1-5,7-8,12H,6H2,(H,21,24)(H,22,25)(H,26,27). The molecule has 11 heteroatoms. The first-order valence-electron chi connectivity index (χ1n) is 8.21. The molecule has 2 aromatic carbocycles. The molecule has 0 spiro atoms. The van der Waals surface area contributed by atoms with Gasteiger partial charge in [0.05, 0.1) is 14.9 Å². The van der Waals surface area contributed by atoms with Gasteiger partial charge < -0.3 is 15.1 Å². The Morgan fingerprint density at radius 2 is 1.83 bits per heavy atom. The quantitative estimate of drug-likeness (QED) is 0.220. The molecule has 3 rings (SSSR count). The zero-order valence-corrected chi connectivity index (χ0v) is 16.2. The second-order valence-electron chi connectivity index (χ2n) is 6.03. The highest BCUT2D eigenvalue weighted by Crippen LogP contribution is 2.32. The van der Waals surface area contributed by atoms with Gasteiger partial charge in [-0.05, 0) is 27.6 Å². The first-order valence-corrected chi connectivity index (χ1v) is 9.00. The van der Waals surface area contributed by atoms with Crippen LogP contribution in [0.1, 0.15) is 11.1 Å². The number of fused-ring (bicyclic) bond motifs is 1. The minimum absolute atomic E-state index is 0.0305. The maximum atomic E-state index is 11.7. The molecule has 1 atom stereocenters. The lowest BCUT2D eigenvalue weighted by Gasteiger charge is -2.09. The number of hydrogen-bond donors (Lipinski definition) is 3. The summed E-state index contributed by atoms with van der Waals surface area (Å²) < 4.78 is 0.0362. The molecular formula is C18H13BrN4O6. The summed E-state index contributed by atoms with van der Waals surface area (Å²) in [5.41, 5.74) is -1.75. The van der Waals surface area contributed by atoms with Crippen LogP contribution < -0.4 is 11.1 Å². The van der Waals surface area contributed by atoms with Gasteiger partial charge in [-0.2, -0.15) is 0 Å². The van der Waals surface area contributed by atoms with Crippen molar-refractivity contribution in [2.45, 2.75) is 12.5 Å². The smallest absolute Gasteiger partial charge is 0.328 e. The second kappa shape index (κ2) is 8.19. The Morgan fingerprint density at radius 1 is 1.21 bits per heavy atom. The molecule has 0 radical (unpaired) electrons. The number of aromatic amines is 2. The van der Waals surface area contributed by atoms with Crippen molar-refractivity contribution in [1.82, 2.24) is 9.97 Å². The molecule has 0 saturated carbocycles. The molecule has 1 heterocycles. The van der Waals surface area contributed by atoms with Gasteiger partial charge in [0.1, 0.15) is 5.52 Å². The van der Waals surface area contributed by atoms with Gasteiger partial charge in [-0.15, -0.1) is 0 Å². The van der Waals surface area contributed by atoms with E-state index in [0.29, 0.717) is 0 Å². The van der Waals surface area contributed by atoms with Crippen LogP contribution in [0.2, 0.25) is 0 Å². The number of H-pyrrole nitrogens is 2. The lowest BCUT2D eigenvalue weighted by atomic mass is 10.1. The van der Waals surface area contributed by atoms with Gasteiger partial charge in [-0.3, -0.25) is 24.7 Å². The average Bonchev–Trinajstić information content (AvgIpc) is 2.66. The summed E-state index contributed by atoms with van der Waals surface area (Å²) in [6.45, 7) is 0. The number of carbonyl (C=O) groups is 1. The summed E-state index contributed by atoms with van der Waals surface area (Å²) in [5, 5.41) is 20.8. The fraction of sp³-hybridized carbons (Fsp3) is 0.111. The Hall–Kier alpha value is -3.60. The maximum Gasteiger partial charge on any atom is 0.328 e. The van der Waals surface area contributed by atoms with Crippen molar-refractivity contribution in [3.63, 3.8) is 0 Å². The minimum Gasteiger partial charge on any atom is -0.480 e. The number of hydrogen-bond acceptors (Lipinski definition) is 6.